The zero-order chi connectivity index (χ0) is 10.4. The first-order chi connectivity index (χ1) is 6.77. The molecular formula is C12H22N2. The van der Waals surface area contributed by atoms with Crippen molar-refractivity contribution in [3.05, 3.63) is 0 Å². The highest BCUT2D eigenvalue weighted by Gasteiger charge is 2.20. The minimum Gasteiger partial charge on any atom is -0.303 e. The van der Waals surface area contributed by atoms with Crippen molar-refractivity contribution in [3.63, 3.8) is 0 Å². The molecule has 1 aliphatic heterocycles. The lowest BCUT2D eigenvalue weighted by Gasteiger charge is -2.36. The molecular weight excluding hydrogens is 172 g/mol. The Hall–Kier alpha value is -0.520. The summed E-state index contributed by atoms with van der Waals surface area (Å²) in [6.07, 6.45) is 8.75. The van der Waals surface area contributed by atoms with E-state index in [4.69, 9.17) is 6.42 Å². The van der Waals surface area contributed by atoms with Gasteiger partial charge in [-0.2, -0.15) is 0 Å². The Morgan fingerprint density at radius 1 is 1.43 bits per heavy atom. The molecule has 0 unspecified atom stereocenters. The third-order valence-corrected chi connectivity index (χ3v) is 3.24. The van der Waals surface area contributed by atoms with Crippen LogP contribution >= 0.6 is 0 Å². The van der Waals surface area contributed by atoms with E-state index in [-0.39, 0.29) is 0 Å². The second-order valence-electron chi connectivity index (χ2n) is 4.10. The van der Waals surface area contributed by atoms with E-state index in [1.807, 2.05) is 0 Å². The van der Waals surface area contributed by atoms with Gasteiger partial charge in [-0.05, 0) is 39.5 Å². The predicted octanol–water partition coefficient (Wildman–Crippen LogP) is 1.43. The van der Waals surface area contributed by atoms with Crippen LogP contribution in [0.2, 0.25) is 0 Å². The van der Waals surface area contributed by atoms with Crippen LogP contribution in [-0.2, 0) is 0 Å². The molecule has 14 heavy (non-hydrogen) atoms. The van der Waals surface area contributed by atoms with Gasteiger partial charge in [-0.25, -0.2) is 0 Å². The van der Waals surface area contributed by atoms with Crippen molar-refractivity contribution in [2.75, 3.05) is 33.2 Å². The topological polar surface area (TPSA) is 6.48 Å². The molecule has 2 nitrogen and oxygen atoms in total. The molecule has 0 spiro atoms. The molecule has 0 N–H and O–H groups in total. The molecule has 0 amide bonds. The van der Waals surface area contributed by atoms with Gasteiger partial charge in [0.2, 0.25) is 0 Å². The zero-order valence-electron chi connectivity index (χ0n) is 9.50. The summed E-state index contributed by atoms with van der Waals surface area (Å²) in [4.78, 5) is 4.94. The average Bonchev–Trinajstić information content (AvgIpc) is 2.26. The smallest absolute Gasteiger partial charge is 0.0214 e. The van der Waals surface area contributed by atoms with Crippen LogP contribution in [0.3, 0.4) is 0 Å². The molecule has 1 aliphatic rings. The van der Waals surface area contributed by atoms with Gasteiger partial charge in [0, 0.05) is 19.0 Å². The fourth-order valence-corrected chi connectivity index (χ4v) is 2.10. The maximum atomic E-state index is 5.27. The number of nitrogens with zero attached hydrogens (tertiary/aromatic N) is 2. The van der Waals surface area contributed by atoms with Crippen molar-refractivity contribution in [2.24, 2.45) is 0 Å². The van der Waals surface area contributed by atoms with Crippen LogP contribution in [0.4, 0.5) is 0 Å². The summed E-state index contributed by atoms with van der Waals surface area (Å²) in [6, 6.07) is 0.756. The Balaban J connectivity index is 2.23. The third kappa shape index (κ3) is 3.32. The fraction of sp³-hybridized carbons (Fsp3) is 0.833. The Morgan fingerprint density at radius 2 is 2.07 bits per heavy atom. The van der Waals surface area contributed by atoms with Crippen LogP contribution in [0.1, 0.15) is 26.2 Å². The molecule has 80 valence electrons. The van der Waals surface area contributed by atoms with Crippen molar-refractivity contribution in [1.29, 1.82) is 0 Å². The number of terminal acetylenes is 1. The molecule has 0 aliphatic carbocycles. The summed E-state index contributed by atoms with van der Waals surface area (Å²) < 4.78 is 0. The molecule has 0 radical (unpaired) electrons. The van der Waals surface area contributed by atoms with E-state index in [0.717, 1.165) is 19.0 Å². The molecule has 1 heterocycles. The molecule has 1 fully saturated rings. The maximum absolute atomic E-state index is 5.27. The van der Waals surface area contributed by atoms with E-state index in [1.165, 1.54) is 32.5 Å². The molecule has 0 aromatic rings. The van der Waals surface area contributed by atoms with E-state index < -0.39 is 0 Å². The van der Waals surface area contributed by atoms with Gasteiger partial charge in [0.25, 0.3) is 0 Å². The van der Waals surface area contributed by atoms with Gasteiger partial charge in [-0.15, -0.1) is 12.3 Å². The van der Waals surface area contributed by atoms with Crippen LogP contribution in [0.15, 0.2) is 0 Å². The molecule has 0 aromatic carbocycles. The van der Waals surface area contributed by atoms with Crippen LogP contribution in [-0.4, -0.2) is 49.1 Å². The lowest BCUT2D eigenvalue weighted by molar-refractivity contribution is 0.133. The molecule has 2 heteroatoms. The quantitative estimate of drug-likeness (QED) is 0.625. The van der Waals surface area contributed by atoms with Gasteiger partial charge in [0.1, 0.15) is 0 Å². The number of likely N-dealkylation sites (tertiary alicyclic amines) is 1. The van der Waals surface area contributed by atoms with Crippen molar-refractivity contribution < 1.29 is 0 Å². The van der Waals surface area contributed by atoms with Crippen LogP contribution in [0.25, 0.3) is 0 Å². The minimum absolute atomic E-state index is 0.756. The zero-order valence-corrected chi connectivity index (χ0v) is 9.50. The molecule has 0 saturated carbocycles. The highest BCUT2D eigenvalue weighted by Crippen LogP contribution is 2.14. The van der Waals surface area contributed by atoms with Crippen molar-refractivity contribution in [3.8, 4) is 12.3 Å². The highest BCUT2D eigenvalue weighted by atomic mass is 15.2. The molecule has 1 saturated heterocycles. The molecule has 0 bridgehead atoms. The largest absolute Gasteiger partial charge is 0.303 e. The van der Waals surface area contributed by atoms with E-state index in [9.17, 15) is 0 Å². The van der Waals surface area contributed by atoms with E-state index >= 15 is 0 Å². The van der Waals surface area contributed by atoms with Gasteiger partial charge in [0.05, 0.1) is 0 Å². The van der Waals surface area contributed by atoms with Crippen LogP contribution in [0.5, 0.6) is 0 Å². The first kappa shape index (κ1) is 11.6. The highest BCUT2D eigenvalue weighted by molar-refractivity contribution is 4.86. The Morgan fingerprint density at radius 3 is 2.57 bits per heavy atom. The van der Waals surface area contributed by atoms with Crippen LogP contribution in [0, 0.1) is 12.3 Å². The normalized spacial score (nSPS) is 19.9. The predicted molar refractivity (Wildman–Crippen MR) is 61.2 cm³/mol. The standard InChI is InChI=1S/C12H22N2/c1-4-6-9-13(3)12-7-10-14(5-2)11-8-12/h1,12H,5-11H2,2-3H3. The summed E-state index contributed by atoms with van der Waals surface area (Å²) in [6.45, 7) is 6.99. The van der Waals surface area contributed by atoms with Crippen molar-refractivity contribution >= 4 is 0 Å². The Labute approximate surface area is 88.3 Å². The van der Waals surface area contributed by atoms with E-state index in [2.05, 4.69) is 29.7 Å². The Kier molecular flexibility index (Phi) is 5.00. The second kappa shape index (κ2) is 6.06. The number of piperidine rings is 1. The minimum atomic E-state index is 0.756. The first-order valence-corrected chi connectivity index (χ1v) is 5.64. The molecule has 0 aromatic heterocycles. The summed E-state index contributed by atoms with van der Waals surface area (Å²) >= 11 is 0. The van der Waals surface area contributed by atoms with E-state index in [0.29, 0.717) is 0 Å². The Bertz CT molecular complexity index is 187. The van der Waals surface area contributed by atoms with Crippen molar-refractivity contribution in [1.82, 2.24) is 9.80 Å². The maximum Gasteiger partial charge on any atom is 0.0214 e. The van der Waals surface area contributed by atoms with Gasteiger partial charge >= 0.3 is 0 Å². The average molecular weight is 194 g/mol. The van der Waals surface area contributed by atoms with E-state index in [1.54, 1.807) is 0 Å². The lowest BCUT2D eigenvalue weighted by atomic mass is 10.0. The van der Waals surface area contributed by atoms with Gasteiger partial charge in [0.15, 0.2) is 0 Å². The lowest BCUT2D eigenvalue weighted by Crippen LogP contribution is -2.43. The monoisotopic (exact) mass is 194 g/mol. The number of hydrogen-bond acceptors (Lipinski definition) is 2. The van der Waals surface area contributed by atoms with Gasteiger partial charge in [-0.1, -0.05) is 6.92 Å². The summed E-state index contributed by atoms with van der Waals surface area (Å²) in [7, 11) is 2.20. The SMILES string of the molecule is C#CCCN(C)C1CCN(CC)CC1. The summed E-state index contributed by atoms with van der Waals surface area (Å²) in [5.41, 5.74) is 0. The van der Waals surface area contributed by atoms with Crippen molar-refractivity contribution in [2.45, 2.75) is 32.2 Å². The summed E-state index contributed by atoms with van der Waals surface area (Å²) in [5.74, 6) is 2.71. The third-order valence-electron chi connectivity index (χ3n) is 3.24. The van der Waals surface area contributed by atoms with Gasteiger partial charge in [-0.3, -0.25) is 0 Å². The number of rotatable bonds is 4. The number of hydrogen-bond donors (Lipinski definition) is 0. The fourth-order valence-electron chi connectivity index (χ4n) is 2.10. The molecule has 0 atom stereocenters. The van der Waals surface area contributed by atoms with Crippen LogP contribution < -0.4 is 0 Å². The summed E-state index contributed by atoms with van der Waals surface area (Å²) in [5, 5.41) is 0. The molecule has 1 rings (SSSR count). The second-order valence-corrected chi connectivity index (χ2v) is 4.10. The first-order valence-electron chi connectivity index (χ1n) is 5.64. The van der Waals surface area contributed by atoms with Gasteiger partial charge < -0.3 is 9.80 Å².